The number of rotatable bonds is 9. The quantitative estimate of drug-likeness (QED) is 0.489. The van der Waals surface area contributed by atoms with Crippen molar-refractivity contribution in [3.63, 3.8) is 0 Å². The first-order chi connectivity index (χ1) is 14.5. The third-order valence-electron chi connectivity index (χ3n) is 5.66. The van der Waals surface area contributed by atoms with Crippen molar-refractivity contribution in [2.45, 2.75) is 58.0 Å². The smallest absolute Gasteiger partial charge is 0.325 e. The fourth-order valence-electron chi connectivity index (χ4n) is 3.85. The number of anilines is 1. The molecule has 7 heteroatoms. The minimum Gasteiger partial charge on any atom is -0.325 e. The van der Waals surface area contributed by atoms with Crippen LogP contribution in [0.2, 0.25) is 0 Å². The van der Waals surface area contributed by atoms with Crippen LogP contribution < -0.4 is 11.0 Å². The second-order valence-electron chi connectivity index (χ2n) is 7.71. The molecule has 6 nitrogen and oxygen atoms in total. The summed E-state index contributed by atoms with van der Waals surface area (Å²) in [6.07, 6.45) is 4.04. The lowest BCUT2D eigenvalue weighted by molar-refractivity contribution is -0.113. The number of benzene rings is 1. The van der Waals surface area contributed by atoms with E-state index in [0.717, 1.165) is 72.9 Å². The molecule has 0 aliphatic heterocycles. The summed E-state index contributed by atoms with van der Waals surface area (Å²) in [6, 6.07) is 7.74. The summed E-state index contributed by atoms with van der Waals surface area (Å²) in [6.45, 7) is 9.78. The number of nitrogens with one attached hydrogen (secondary N) is 1. The van der Waals surface area contributed by atoms with E-state index in [0.29, 0.717) is 6.54 Å². The Balaban J connectivity index is 1.72. The van der Waals surface area contributed by atoms with Crippen molar-refractivity contribution in [2.75, 3.05) is 30.7 Å². The van der Waals surface area contributed by atoms with E-state index in [1.807, 2.05) is 35.8 Å². The molecule has 0 unspecified atom stereocenters. The fraction of sp³-hybridized carbons (Fsp3) is 0.522. The zero-order chi connectivity index (χ0) is 21.5. The van der Waals surface area contributed by atoms with E-state index < -0.39 is 0 Å². The lowest BCUT2D eigenvalue weighted by atomic mass is 9.97. The van der Waals surface area contributed by atoms with Gasteiger partial charge in [0.15, 0.2) is 0 Å². The van der Waals surface area contributed by atoms with E-state index in [1.54, 1.807) is 0 Å². The third kappa shape index (κ3) is 5.73. The number of aryl methyl sites for hydroxylation is 1. The van der Waals surface area contributed by atoms with Crippen LogP contribution in [0.25, 0.3) is 0 Å². The van der Waals surface area contributed by atoms with Gasteiger partial charge in [-0.1, -0.05) is 43.3 Å². The minimum atomic E-state index is -0.191. The van der Waals surface area contributed by atoms with Crippen molar-refractivity contribution in [2.24, 2.45) is 0 Å². The Morgan fingerprint density at radius 3 is 2.57 bits per heavy atom. The van der Waals surface area contributed by atoms with E-state index in [4.69, 9.17) is 0 Å². The van der Waals surface area contributed by atoms with E-state index in [9.17, 15) is 9.59 Å². The molecule has 2 aromatic rings. The van der Waals surface area contributed by atoms with Gasteiger partial charge in [0.25, 0.3) is 0 Å². The first-order valence-corrected chi connectivity index (χ1v) is 11.8. The summed E-state index contributed by atoms with van der Waals surface area (Å²) in [4.78, 5) is 31.9. The molecule has 1 aliphatic carbocycles. The normalized spacial score (nSPS) is 13.3. The minimum absolute atomic E-state index is 0.0825. The highest BCUT2D eigenvalue weighted by Crippen LogP contribution is 2.28. The summed E-state index contributed by atoms with van der Waals surface area (Å²) < 4.78 is 1.86. The number of amides is 1. The Hall–Kier alpha value is -2.12. The molecule has 1 N–H and O–H groups in total. The molecular weight excluding hydrogens is 396 g/mol. The Morgan fingerprint density at radius 1 is 1.17 bits per heavy atom. The molecule has 1 heterocycles. The lowest BCUT2D eigenvalue weighted by Crippen LogP contribution is -2.35. The van der Waals surface area contributed by atoms with Crippen molar-refractivity contribution >= 4 is 23.4 Å². The van der Waals surface area contributed by atoms with E-state index in [2.05, 4.69) is 29.0 Å². The van der Waals surface area contributed by atoms with E-state index >= 15 is 0 Å². The van der Waals surface area contributed by atoms with Gasteiger partial charge in [-0.15, -0.1) is 0 Å². The van der Waals surface area contributed by atoms with Crippen molar-refractivity contribution in [1.29, 1.82) is 0 Å². The number of carbonyl (C=O) groups is 1. The molecular formula is C23H32N4O2S. The average molecular weight is 429 g/mol. The van der Waals surface area contributed by atoms with Crippen molar-refractivity contribution < 1.29 is 4.79 Å². The third-order valence-corrected chi connectivity index (χ3v) is 6.68. The van der Waals surface area contributed by atoms with Gasteiger partial charge in [0.1, 0.15) is 5.03 Å². The molecule has 0 saturated carbocycles. The van der Waals surface area contributed by atoms with Gasteiger partial charge in [-0.25, -0.2) is 4.79 Å². The lowest BCUT2D eigenvalue weighted by Gasteiger charge is -2.24. The second-order valence-corrected chi connectivity index (χ2v) is 8.68. The van der Waals surface area contributed by atoms with E-state index in [-0.39, 0.29) is 17.3 Å². The summed E-state index contributed by atoms with van der Waals surface area (Å²) >= 11 is 1.37. The van der Waals surface area contributed by atoms with Gasteiger partial charge < -0.3 is 10.2 Å². The van der Waals surface area contributed by atoms with Crippen molar-refractivity contribution in [3.8, 4) is 0 Å². The topological polar surface area (TPSA) is 67.2 Å². The number of carbonyl (C=O) groups excluding carboxylic acids is 1. The highest BCUT2D eigenvalue weighted by molar-refractivity contribution is 8.00. The first-order valence-electron chi connectivity index (χ1n) is 10.9. The number of likely N-dealkylation sites (N-methyl/N-ethyl adjacent to an activating group) is 1. The zero-order valence-corrected chi connectivity index (χ0v) is 19.1. The van der Waals surface area contributed by atoms with Crippen LogP contribution >= 0.6 is 11.8 Å². The summed E-state index contributed by atoms with van der Waals surface area (Å²) in [5, 5.41) is 3.64. The monoisotopic (exact) mass is 428 g/mol. The standard InChI is InChI=1S/C23H32N4O2S/c1-4-26(5-2)14-15-27-20-9-7-6-8-19(20)22(25-23(27)29)30-16-21(28)24-18-12-10-17(3)11-13-18/h10-13H,4-9,14-16H2,1-3H3,(H,24,28). The number of hydrogen-bond acceptors (Lipinski definition) is 5. The largest absolute Gasteiger partial charge is 0.348 e. The summed E-state index contributed by atoms with van der Waals surface area (Å²) in [5.74, 6) is 0.164. The molecule has 0 spiro atoms. The first kappa shape index (κ1) is 22.6. The Kier molecular flexibility index (Phi) is 8.10. The van der Waals surface area contributed by atoms with Crippen molar-refractivity contribution in [1.82, 2.24) is 14.5 Å². The molecule has 1 aromatic heterocycles. The molecule has 0 bridgehead atoms. The van der Waals surface area contributed by atoms with Crippen LogP contribution in [0, 0.1) is 6.92 Å². The molecule has 30 heavy (non-hydrogen) atoms. The molecule has 1 aromatic carbocycles. The van der Waals surface area contributed by atoms with Crippen LogP contribution in [0.15, 0.2) is 34.1 Å². The predicted molar refractivity (Wildman–Crippen MR) is 123 cm³/mol. The summed E-state index contributed by atoms with van der Waals surface area (Å²) in [5.41, 5.74) is 4.03. The van der Waals surface area contributed by atoms with Crippen molar-refractivity contribution in [3.05, 3.63) is 51.6 Å². The molecule has 1 aliphatic rings. The predicted octanol–water partition coefficient (Wildman–Crippen LogP) is 3.50. The van der Waals surface area contributed by atoms with Gasteiger partial charge in [0.2, 0.25) is 5.91 Å². The average Bonchev–Trinajstić information content (AvgIpc) is 2.76. The van der Waals surface area contributed by atoms with Crippen LogP contribution in [0.3, 0.4) is 0 Å². The Labute approximate surface area is 183 Å². The molecule has 162 valence electrons. The summed E-state index contributed by atoms with van der Waals surface area (Å²) in [7, 11) is 0. The SMILES string of the molecule is CCN(CC)CCn1c2c(c(SCC(=O)Nc3ccc(C)cc3)nc1=O)CCCC2. The van der Waals surface area contributed by atoms with Gasteiger partial charge in [0.05, 0.1) is 5.75 Å². The van der Waals surface area contributed by atoms with Gasteiger partial charge in [-0.3, -0.25) is 9.36 Å². The van der Waals surface area contributed by atoms with Gasteiger partial charge >= 0.3 is 5.69 Å². The molecule has 0 fully saturated rings. The number of nitrogens with zero attached hydrogens (tertiary/aromatic N) is 3. The Morgan fingerprint density at radius 2 is 1.87 bits per heavy atom. The molecule has 3 rings (SSSR count). The van der Waals surface area contributed by atoms with Crippen LogP contribution in [-0.2, 0) is 24.2 Å². The van der Waals surface area contributed by atoms with Crippen LogP contribution in [-0.4, -0.2) is 45.7 Å². The molecule has 0 atom stereocenters. The fourth-order valence-corrected chi connectivity index (χ4v) is 4.72. The highest BCUT2D eigenvalue weighted by Gasteiger charge is 2.21. The van der Waals surface area contributed by atoms with Gasteiger partial charge in [-0.2, -0.15) is 4.98 Å². The molecule has 0 radical (unpaired) electrons. The van der Waals surface area contributed by atoms with Crippen LogP contribution in [0.5, 0.6) is 0 Å². The van der Waals surface area contributed by atoms with Gasteiger partial charge in [0, 0.05) is 30.0 Å². The molecule has 1 amide bonds. The maximum atomic E-state index is 12.8. The van der Waals surface area contributed by atoms with Gasteiger partial charge in [-0.05, 0) is 57.8 Å². The second kappa shape index (κ2) is 10.8. The molecule has 0 saturated heterocycles. The number of aromatic nitrogens is 2. The highest BCUT2D eigenvalue weighted by atomic mass is 32.2. The Bertz CT molecular complexity index is 920. The maximum Gasteiger partial charge on any atom is 0.348 e. The number of fused-ring (bicyclic) bond motifs is 1. The van der Waals surface area contributed by atoms with Crippen LogP contribution in [0.1, 0.15) is 43.5 Å². The maximum absolute atomic E-state index is 12.8. The van der Waals surface area contributed by atoms with Crippen LogP contribution in [0.4, 0.5) is 5.69 Å². The number of thioether (sulfide) groups is 1. The number of hydrogen-bond donors (Lipinski definition) is 1. The zero-order valence-electron chi connectivity index (χ0n) is 18.2. The van der Waals surface area contributed by atoms with E-state index in [1.165, 1.54) is 11.8 Å².